The minimum Gasteiger partial charge on any atom is -0.314 e. The highest BCUT2D eigenvalue weighted by Gasteiger charge is 2.24. The minimum absolute atomic E-state index is 0.716. The number of piperidine rings is 1. The van der Waals surface area contributed by atoms with Crippen LogP contribution in [0, 0.1) is 12.8 Å². The number of nitrogens with zero attached hydrogens (tertiary/aromatic N) is 2. The van der Waals surface area contributed by atoms with Crippen LogP contribution < -0.4 is 5.32 Å². The van der Waals surface area contributed by atoms with Crippen molar-refractivity contribution in [3.8, 4) is 0 Å². The van der Waals surface area contributed by atoms with Gasteiger partial charge in [-0.1, -0.05) is 13.8 Å². The molecule has 3 nitrogen and oxygen atoms in total. The van der Waals surface area contributed by atoms with Gasteiger partial charge in [0, 0.05) is 30.9 Å². The lowest BCUT2D eigenvalue weighted by Gasteiger charge is -2.37. The number of aryl methyl sites for hydroxylation is 1. The standard InChI is InChI=1S/C14H25N3S/c1-4-15-14-6-8-17(9-11(14)2)7-5-13-10-18-12(3)16-13/h10-11,14-15H,4-9H2,1-3H3. The Bertz CT molecular complexity index is 364. The zero-order valence-corrected chi connectivity index (χ0v) is 12.6. The van der Waals surface area contributed by atoms with Crippen LogP contribution in [0.15, 0.2) is 5.38 Å². The summed E-state index contributed by atoms with van der Waals surface area (Å²) in [6.45, 7) is 11.3. The van der Waals surface area contributed by atoms with E-state index < -0.39 is 0 Å². The van der Waals surface area contributed by atoms with E-state index in [4.69, 9.17) is 0 Å². The average Bonchev–Trinajstić information content (AvgIpc) is 2.76. The molecule has 0 bridgehead atoms. The largest absolute Gasteiger partial charge is 0.314 e. The summed E-state index contributed by atoms with van der Waals surface area (Å²) < 4.78 is 0. The van der Waals surface area contributed by atoms with Crippen molar-refractivity contribution in [1.82, 2.24) is 15.2 Å². The maximum atomic E-state index is 4.54. The molecule has 2 atom stereocenters. The lowest BCUT2D eigenvalue weighted by Crippen LogP contribution is -2.48. The monoisotopic (exact) mass is 267 g/mol. The van der Waals surface area contributed by atoms with E-state index in [1.807, 2.05) is 0 Å². The number of rotatable bonds is 5. The van der Waals surface area contributed by atoms with Gasteiger partial charge in [0.2, 0.25) is 0 Å². The molecule has 1 aromatic rings. The zero-order valence-electron chi connectivity index (χ0n) is 11.8. The van der Waals surface area contributed by atoms with E-state index >= 15 is 0 Å². The van der Waals surface area contributed by atoms with Crippen LogP contribution in [-0.2, 0) is 6.42 Å². The second kappa shape index (κ2) is 6.64. The van der Waals surface area contributed by atoms with Crippen molar-refractivity contribution >= 4 is 11.3 Å². The van der Waals surface area contributed by atoms with Gasteiger partial charge in [0.05, 0.1) is 10.7 Å². The first-order valence-electron chi connectivity index (χ1n) is 7.05. The molecule has 1 aromatic heterocycles. The summed E-state index contributed by atoms with van der Waals surface area (Å²) in [6.07, 6.45) is 2.38. The van der Waals surface area contributed by atoms with Gasteiger partial charge in [-0.15, -0.1) is 11.3 Å². The Morgan fingerprint density at radius 3 is 3.00 bits per heavy atom. The highest BCUT2D eigenvalue weighted by atomic mass is 32.1. The third kappa shape index (κ3) is 3.77. The molecular weight excluding hydrogens is 242 g/mol. The third-order valence-electron chi connectivity index (χ3n) is 3.81. The molecule has 0 radical (unpaired) electrons. The Labute approximate surface area is 115 Å². The van der Waals surface area contributed by atoms with Crippen LogP contribution in [0.25, 0.3) is 0 Å². The molecular formula is C14H25N3S. The summed E-state index contributed by atoms with van der Waals surface area (Å²) in [5.41, 5.74) is 1.26. The van der Waals surface area contributed by atoms with Crippen LogP contribution in [0.5, 0.6) is 0 Å². The summed E-state index contributed by atoms with van der Waals surface area (Å²) in [6, 6.07) is 0.716. The molecule has 0 saturated carbocycles. The van der Waals surface area contributed by atoms with E-state index in [9.17, 15) is 0 Å². The number of hydrogen-bond donors (Lipinski definition) is 1. The van der Waals surface area contributed by atoms with Crippen LogP contribution in [0.3, 0.4) is 0 Å². The minimum atomic E-state index is 0.716. The average molecular weight is 267 g/mol. The predicted octanol–water partition coefficient (Wildman–Crippen LogP) is 2.31. The molecule has 1 aliphatic heterocycles. The Hall–Kier alpha value is -0.450. The Morgan fingerprint density at radius 1 is 1.56 bits per heavy atom. The molecule has 0 spiro atoms. The summed E-state index contributed by atoms with van der Waals surface area (Å²) in [4.78, 5) is 7.13. The fraction of sp³-hybridized carbons (Fsp3) is 0.786. The van der Waals surface area contributed by atoms with E-state index in [0.29, 0.717) is 6.04 Å². The lowest BCUT2D eigenvalue weighted by molar-refractivity contribution is 0.149. The van der Waals surface area contributed by atoms with Gasteiger partial charge in [0.25, 0.3) is 0 Å². The van der Waals surface area contributed by atoms with Gasteiger partial charge in [0.1, 0.15) is 0 Å². The van der Waals surface area contributed by atoms with Crippen molar-refractivity contribution in [3.63, 3.8) is 0 Å². The molecule has 2 heterocycles. The van der Waals surface area contributed by atoms with Crippen LogP contribution >= 0.6 is 11.3 Å². The molecule has 2 unspecified atom stereocenters. The van der Waals surface area contributed by atoms with Crippen molar-refractivity contribution in [2.24, 2.45) is 5.92 Å². The van der Waals surface area contributed by atoms with E-state index in [1.165, 1.54) is 30.2 Å². The van der Waals surface area contributed by atoms with Gasteiger partial charge in [-0.3, -0.25) is 0 Å². The molecule has 2 rings (SSSR count). The molecule has 18 heavy (non-hydrogen) atoms. The van der Waals surface area contributed by atoms with Crippen molar-refractivity contribution in [3.05, 3.63) is 16.1 Å². The first-order chi connectivity index (χ1) is 8.69. The lowest BCUT2D eigenvalue weighted by atomic mass is 9.93. The smallest absolute Gasteiger partial charge is 0.0897 e. The fourth-order valence-corrected chi connectivity index (χ4v) is 3.44. The number of nitrogens with one attached hydrogen (secondary N) is 1. The summed E-state index contributed by atoms with van der Waals surface area (Å²) in [5, 5.41) is 6.98. The normalized spacial score (nSPS) is 25.5. The van der Waals surface area contributed by atoms with Gasteiger partial charge in [-0.05, 0) is 32.4 Å². The summed E-state index contributed by atoms with van der Waals surface area (Å²) >= 11 is 1.76. The number of thiazole rings is 1. The second-order valence-electron chi connectivity index (χ2n) is 5.34. The predicted molar refractivity (Wildman–Crippen MR) is 78.2 cm³/mol. The van der Waals surface area contributed by atoms with E-state index in [2.05, 4.69) is 41.4 Å². The Kier molecular flexibility index (Phi) is 5.15. The number of aromatic nitrogens is 1. The maximum Gasteiger partial charge on any atom is 0.0897 e. The van der Waals surface area contributed by atoms with Gasteiger partial charge in [0.15, 0.2) is 0 Å². The topological polar surface area (TPSA) is 28.2 Å². The number of hydrogen-bond acceptors (Lipinski definition) is 4. The molecule has 0 aliphatic carbocycles. The van der Waals surface area contributed by atoms with Crippen LogP contribution in [0.1, 0.15) is 31.0 Å². The molecule has 0 aromatic carbocycles. The third-order valence-corrected chi connectivity index (χ3v) is 4.63. The van der Waals surface area contributed by atoms with Gasteiger partial charge < -0.3 is 10.2 Å². The SMILES string of the molecule is CCNC1CCN(CCc2csc(C)n2)CC1C. The zero-order chi connectivity index (χ0) is 13.0. The molecule has 102 valence electrons. The number of likely N-dealkylation sites (tertiary alicyclic amines) is 1. The first kappa shape index (κ1) is 14.0. The van der Waals surface area contributed by atoms with Gasteiger partial charge >= 0.3 is 0 Å². The fourth-order valence-electron chi connectivity index (χ4n) is 2.80. The van der Waals surface area contributed by atoms with Crippen LogP contribution in [0.2, 0.25) is 0 Å². The van der Waals surface area contributed by atoms with Crippen molar-refractivity contribution < 1.29 is 0 Å². The van der Waals surface area contributed by atoms with E-state index in [-0.39, 0.29) is 0 Å². The van der Waals surface area contributed by atoms with Crippen molar-refractivity contribution in [2.75, 3.05) is 26.2 Å². The van der Waals surface area contributed by atoms with Gasteiger partial charge in [-0.2, -0.15) is 0 Å². The Balaban J connectivity index is 1.75. The van der Waals surface area contributed by atoms with Crippen LogP contribution in [0.4, 0.5) is 0 Å². The molecule has 1 N–H and O–H groups in total. The molecule has 1 aliphatic rings. The molecule has 4 heteroatoms. The first-order valence-corrected chi connectivity index (χ1v) is 7.93. The van der Waals surface area contributed by atoms with Crippen molar-refractivity contribution in [2.45, 2.75) is 39.7 Å². The van der Waals surface area contributed by atoms with Gasteiger partial charge in [-0.25, -0.2) is 4.98 Å². The van der Waals surface area contributed by atoms with E-state index in [0.717, 1.165) is 25.4 Å². The molecule has 1 saturated heterocycles. The molecule has 1 fully saturated rings. The second-order valence-corrected chi connectivity index (χ2v) is 6.40. The summed E-state index contributed by atoms with van der Waals surface area (Å²) in [7, 11) is 0. The maximum absolute atomic E-state index is 4.54. The molecule has 0 amide bonds. The highest BCUT2D eigenvalue weighted by molar-refractivity contribution is 7.09. The van der Waals surface area contributed by atoms with Crippen LogP contribution in [-0.4, -0.2) is 42.1 Å². The quantitative estimate of drug-likeness (QED) is 0.887. The Morgan fingerprint density at radius 2 is 2.39 bits per heavy atom. The van der Waals surface area contributed by atoms with E-state index in [1.54, 1.807) is 11.3 Å². The van der Waals surface area contributed by atoms with Crippen molar-refractivity contribution in [1.29, 1.82) is 0 Å². The summed E-state index contributed by atoms with van der Waals surface area (Å²) in [5.74, 6) is 0.760. The highest BCUT2D eigenvalue weighted by Crippen LogP contribution is 2.17.